The molecule has 5 nitrogen and oxygen atoms in total. The van der Waals surface area contributed by atoms with Gasteiger partial charge in [-0.2, -0.15) is 0 Å². The molecule has 17 heavy (non-hydrogen) atoms. The molecule has 1 fully saturated rings. The second kappa shape index (κ2) is 6.00. The van der Waals surface area contributed by atoms with Crippen LogP contribution >= 0.6 is 0 Å². The van der Waals surface area contributed by atoms with Crippen LogP contribution in [0.3, 0.4) is 0 Å². The van der Waals surface area contributed by atoms with E-state index in [1.54, 1.807) is 4.90 Å². The van der Waals surface area contributed by atoms with Crippen molar-refractivity contribution in [2.75, 3.05) is 20.2 Å². The largest absolute Gasteiger partial charge is 0.468 e. The fourth-order valence-corrected chi connectivity index (χ4v) is 2.00. The number of carbonyl (C=O) groups excluding carboxylic acids is 2. The summed E-state index contributed by atoms with van der Waals surface area (Å²) in [7, 11) is 1.33. The summed E-state index contributed by atoms with van der Waals surface area (Å²) in [5.74, 6) is -0.425. The summed E-state index contributed by atoms with van der Waals surface area (Å²) in [6, 6.07) is 0. The Balaban J connectivity index is 2.50. The predicted octanol–water partition coefficient (Wildman–Crippen LogP) is 0.669. The van der Waals surface area contributed by atoms with Crippen molar-refractivity contribution in [1.29, 1.82) is 0 Å². The number of nitrogens with two attached hydrogens (primary N) is 1. The molecule has 0 bridgehead atoms. The highest BCUT2D eigenvalue weighted by Crippen LogP contribution is 2.32. The van der Waals surface area contributed by atoms with E-state index in [0.717, 1.165) is 25.7 Å². The zero-order valence-corrected chi connectivity index (χ0v) is 10.7. The normalized spacial score (nSPS) is 17.1. The maximum Gasteiger partial charge on any atom is 0.325 e. The van der Waals surface area contributed by atoms with Crippen LogP contribution in [0.25, 0.3) is 0 Å². The first kappa shape index (κ1) is 14.0. The summed E-state index contributed by atoms with van der Waals surface area (Å²) in [6.45, 7) is 2.57. The molecule has 0 aromatic rings. The van der Waals surface area contributed by atoms with Crippen molar-refractivity contribution in [2.24, 2.45) is 5.73 Å². The molecule has 0 atom stereocenters. The molecule has 0 heterocycles. The van der Waals surface area contributed by atoms with E-state index in [9.17, 15) is 9.59 Å². The molecule has 0 aromatic carbocycles. The van der Waals surface area contributed by atoms with Crippen molar-refractivity contribution >= 4 is 11.9 Å². The van der Waals surface area contributed by atoms with Gasteiger partial charge in [0.25, 0.3) is 0 Å². The molecule has 5 heteroatoms. The Kier molecular flexibility index (Phi) is 4.93. The molecular weight excluding hydrogens is 220 g/mol. The van der Waals surface area contributed by atoms with Gasteiger partial charge in [-0.25, -0.2) is 0 Å². The zero-order chi connectivity index (χ0) is 12.9. The smallest absolute Gasteiger partial charge is 0.325 e. The summed E-state index contributed by atoms with van der Waals surface area (Å²) in [6.07, 6.45) is 4.05. The summed E-state index contributed by atoms with van der Waals surface area (Å²) < 4.78 is 4.58. The second-order valence-electron chi connectivity index (χ2n) is 4.78. The van der Waals surface area contributed by atoms with E-state index < -0.39 is 0 Å². The lowest BCUT2D eigenvalue weighted by Crippen LogP contribution is -2.51. The Morgan fingerprint density at radius 1 is 1.41 bits per heavy atom. The van der Waals surface area contributed by atoms with Crippen molar-refractivity contribution in [3.05, 3.63) is 0 Å². The average molecular weight is 242 g/mol. The number of amides is 1. The highest BCUT2D eigenvalue weighted by molar-refractivity contribution is 5.82. The number of esters is 1. The summed E-state index contributed by atoms with van der Waals surface area (Å²) in [5, 5.41) is 0. The van der Waals surface area contributed by atoms with Crippen LogP contribution in [0.1, 0.15) is 39.0 Å². The number of ether oxygens (including phenoxy) is 1. The molecule has 1 rings (SSSR count). The third kappa shape index (κ3) is 4.00. The molecule has 0 aromatic heterocycles. The van der Waals surface area contributed by atoms with Crippen LogP contribution in [0.15, 0.2) is 0 Å². The number of methoxy groups -OCH3 is 1. The molecule has 0 radical (unpaired) electrons. The monoisotopic (exact) mass is 242 g/mol. The standard InChI is InChI=1S/C12H22N2O3/c1-3-7-14(9-11(16)17-2)10(15)8-12(13)5-4-6-12/h3-9,13H2,1-2H3. The number of hydrogen-bond acceptors (Lipinski definition) is 4. The SMILES string of the molecule is CCCN(CC(=O)OC)C(=O)CC1(N)CCC1. The van der Waals surface area contributed by atoms with Crippen molar-refractivity contribution < 1.29 is 14.3 Å². The van der Waals surface area contributed by atoms with Crippen molar-refractivity contribution in [1.82, 2.24) is 4.90 Å². The van der Waals surface area contributed by atoms with Crippen molar-refractivity contribution in [2.45, 2.75) is 44.6 Å². The highest BCUT2D eigenvalue weighted by Gasteiger charge is 2.36. The van der Waals surface area contributed by atoms with Crippen LogP contribution in [-0.2, 0) is 14.3 Å². The summed E-state index contributed by atoms with van der Waals surface area (Å²) in [5.41, 5.74) is 5.70. The van der Waals surface area contributed by atoms with Gasteiger partial charge in [-0.15, -0.1) is 0 Å². The fourth-order valence-electron chi connectivity index (χ4n) is 2.00. The van der Waals surface area contributed by atoms with E-state index >= 15 is 0 Å². The second-order valence-corrected chi connectivity index (χ2v) is 4.78. The van der Waals surface area contributed by atoms with E-state index in [2.05, 4.69) is 4.74 Å². The lowest BCUT2D eigenvalue weighted by atomic mass is 9.75. The molecule has 1 aliphatic rings. The Bertz CT molecular complexity index is 287. The maximum atomic E-state index is 12.0. The Hall–Kier alpha value is -1.10. The fraction of sp³-hybridized carbons (Fsp3) is 0.833. The zero-order valence-electron chi connectivity index (χ0n) is 10.7. The molecule has 0 unspecified atom stereocenters. The van der Waals surface area contributed by atoms with Crippen LogP contribution in [0, 0.1) is 0 Å². The number of carbonyl (C=O) groups is 2. The van der Waals surface area contributed by atoms with Gasteiger partial charge in [-0.3, -0.25) is 9.59 Å². The molecular formula is C12H22N2O3. The third-order valence-corrected chi connectivity index (χ3v) is 3.25. The Morgan fingerprint density at radius 3 is 2.47 bits per heavy atom. The van der Waals surface area contributed by atoms with Gasteiger partial charge >= 0.3 is 5.97 Å². The minimum atomic E-state index is -0.383. The van der Waals surface area contributed by atoms with E-state index in [1.165, 1.54) is 7.11 Å². The number of nitrogens with zero attached hydrogens (tertiary/aromatic N) is 1. The van der Waals surface area contributed by atoms with Crippen LogP contribution in [0.4, 0.5) is 0 Å². The van der Waals surface area contributed by atoms with Gasteiger partial charge < -0.3 is 15.4 Å². The minimum Gasteiger partial charge on any atom is -0.468 e. The van der Waals surface area contributed by atoms with E-state index in [0.29, 0.717) is 13.0 Å². The summed E-state index contributed by atoms with van der Waals surface area (Å²) >= 11 is 0. The van der Waals surface area contributed by atoms with Gasteiger partial charge in [0.15, 0.2) is 0 Å². The quantitative estimate of drug-likeness (QED) is 0.695. The Labute approximate surface area is 102 Å². The topological polar surface area (TPSA) is 72.6 Å². The van der Waals surface area contributed by atoms with Gasteiger partial charge in [0.1, 0.15) is 6.54 Å². The predicted molar refractivity (Wildman–Crippen MR) is 64.3 cm³/mol. The minimum absolute atomic E-state index is 0.0270. The van der Waals surface area contributed by atoms with Gasteiger partial charge in [0.05, 0.1) is 7.11 Å². The molecule has 0 aliphatic heterocycles. The van der Waals surface area contributed by atoms with Gasteiger partial charge in [0, 0.05) is 18.5 Å². The highest BCUT2D eigenvalue weighted by atomic mass is 16.5. The van der Waals surface area contributed by atoms with E-state index in [4.69, 9.17) is 5.73 Å². The van der Waals surface area contributed by atoms with Crippen LogP contribution < -0.4 is 5.73 Å². The lowest BCUT2D eigenvalue weighted by Gasteiger charge is -2.38. The Morgan fingerprint density at radius 2 is 2.06 bits per heavy atom. The van der Waals surface area contributed by atoms with Crippen LogP contribution in [0.2, 0.25) is 0 Å². The first-order valence-corrected chi connectivity index (χ1v) is 6.14. The van der Waals surface area contributed by atoms with E-state index in [1.807, 2.05) is 6.92 Å². The number of rotatable bonds is 6. The molecule has 1 amide bonds. The van der Waals surface area contributed by atoms with Crippen LogP contribution in [0.5, 0.6) is 0 Å². The molecule has 1 saturated carbocycles. The van der Waals surface area contributed by atoms with Crippen molar-refractivity contribution in [3.8, 4) is 0 Å². The van der Waals surface area contributed by atoms with Crippen LogP contribution in [-0.4, -0.2) is 42.5 Å². The summed E-state index contributed by atoms with van der Waals surface area (Å²) in [4.78, 5) is 24.8. The molecule has 2 N–H and O–H groups in total. The third-order valence-electron chi connectivity index (χ3n) is 3.25. The maximum absolute atomic E-state index is 12.0. The number of hydrogen-bond donors (Lipinski definition) is 1. The average Bonchev–Trinajstić information content (AvgIpc) is 2.26. The first-order chi connectivity index (χ1) is 8.00. The van der Waals surface area contributed by atoms with Gasteiger partial charge in [0.2, 0.25) is 5.91 Å². The van der Waals surface area contributed by atoms with Gasteiger partial charge in [-0.05, 0) is 25.7 Å². The van der Waals surface area contributed by atoms with Crippen molar-refractivity contribution in [3.63, 3.8) is 0 Å². The molecule has 1 aliphatic carbocycles. The first-order valence-electron chi connectivity index (χ1n) is 6.14. The molecule has 98 valence electrons. The van der Waals surface area contributed by atoms with Gasteiger partial charge in [-0.1, -0.05) is 6.92 Å². The lowest BCUT2D eigenvalue weighted by molar-refractivity contribution is -0.147. The molecule has 0 spiro atoms. The van der Waals surface area contributed by atoms with E-state index in [-0.39, 0.29) is 24.0 Å². The molecule has 0 saturated heterocycles.